The van der Waals surface area contributed by atoms with Crippen LogP contribution in [0.1, 0.15) is 24.8 Å². The summed E-state index contributed by atoms with van der Waals surface area (Å²) >= 11 is 0. The minimum absolute atomic E-state index is 0.0949. The molecule has 1 unspecified atom stereocenters. The zero-order valence-electron chi connectivity index (χ0n) is 14.7. The number of nitrogens with one attached hydrogen (secondary N) is 2. The summed E-state index contributed by atoms with van der Waals surface area (Å²) in [6.07, 6.45) is 1.23. The Bertz CT molecular complexity index is 883. The van der Waals surface area contributed by atoms with Gasteiger partial charge in [-0.25, -0.2) is 12.8 Å². The molecular weight excluding hydrogens is 359 g/mol. The second kappa shape index (κ2) is 8.18. The second-order valence-electron chi connectivity index (χ2n) is 5.99. The largest absolute Gasteiger partial charge is 0.495 e. The van der Waals surface area contributed by atoms with Crippen LogP contribution >= 0.6 is 0 Å². The van der Waals surface area contributed by atoms with Gasteiger partial charge in [-0.05, 0) is 41.8 Å². The van der Waals surface area contributed by atoms with Gasteiger partial charge in [-0.2, -0.15) is 0 Å². The molecule has 26 heavy (non-hydrogen) atoms. The van der Waals surface area contributed by atoms with E-state index in [1.54, 1.807) is 24.3 Å². The van der Waals surface area contributed by atoms with Crippen LogP contribution in [0.15, 0.2) is 42.5 Å². The minimum atomic E-state index is -3.49. The maximum atomic E-state index is 13.0. The lowest BCUT2D eigenvalue weighted by molar-refractivity contribution is -0.116. The molecule has 1 amide bonds. The number of benzene rings is 2. The van der Waals surface area contributed by atoms with E-state index in [0.29, 0.717) is 11.4 Å². The molecule has 0 aliphatic rings. The first-order valence-electron chi connectivity index (χ1n) is 7.89. The Balaban J connectivity index is 2.08. The Hall–Kier alpha value is -2.61. The first-order valence-corrected chi connectivity index (χ1v) is 9.78. The van der Waals surface area contributed by atoms with Crippen molar-refractivity contribution in [2.24, 2.45) is 0 Å². The number of ether oxygens (including phenoxy) is 1. The third-order valence-electron chi connectivity index (χ3n) is 3.71. The van der Waals surface area contributed by atoms with Crippen molar-refractivity contribution in [3.8, 4) is 5.75 Å². The highest BCUT2D eigenvalue weighted by atomic mass is 32.2. The van der Waals surface area contributed by atoms with E-state index >= 15 is 0 Å². The van der Waals surface area contributed by atoms with E-state index in [1.165, 1.54) is 25.3 Å². The fraction of sp³-hybridized carbons (Fsp3) is 0.278. The molecule has 1 atom stereocenters. The molecule has 8 heteroatoms. The molecular formula is C18H21FN2O4S. The number of methoxy groups -OCH3 is 1. The van der Waals surface area contributed by atoms with Crippen molar-refractivity contribution in [3.63, 3.8) is 0 Å². The van der Waals surface area contributed by atoms with Crippen molar-refractivity contribution in [1.29, 1.82) is 0 Å². The Morgan fingerprint density at radius 3 is 2.42 bits per heavy atom. The van der Waals surface area contributed by atoms with Crippen LogP contribution in [0.25, 0.3) is 0 Å². The molecule has 0 fully saturated rings. The van der Waals surface area contributed by atoms with E-state index in [9.17, 15) is 17.6 Å². The topological polar surface area (TPSA) is 84.5 Å². The Morgan fingerprint density at radius 1 is 1.19 bits per heavy atom. The SMILES string of the molecule is COc1ccc(NC(=O)CC(C)c2ccc(F)cc2)cc1NS(C)(=O)=O. The molecule has 6 nitrogen and oxygen atoms in total. The zero-order valence-corrected chi connectivity index (χ0v) is 15.6. The summed E-state index contributed by atoms with van der Waals surface area (Å²) in [6, 6.07) is 10.7. The van der Waals surface area contributed by atoms with Gasteiger partial charge in [-0.3, -0.25) is 9.52 Å². The lowest BCUT2D eigenvalue weighted by Gasteiger charge is -2.14. The third kappa shape index (κ3) is 5.73. The lowest BCUT2D eigenvalue weighted by Crippen LogP contribution is -2.15. The Labute approximate surface area is 152 Å². The lowest BCUT2D eigenvalue weighted by atomic mass is 9.97. The van der Waals surface area contributed by atoms with E-state index in [1.807, 2.05) is 6.92 Å². The van der Waals surface area contributed by atoms with Crippen molar-refractivity contribution in [3.05, 3.63) is 53.8 Å². The van der Waals surface area contributed by atoms with Crippen LogP contribution in [0.3, 0.4) is 0 Å². The van der Waals surface area contributed by atoms with Crippen molar-refractivity contribution in [1.82, 2.24) is 0 Å². The van der Waals surface area contributed by atoms with Crippen molar-refractivity contribution in [2.45, 2.75) is 19.3 Å². The number of halogens is 1. The van der Waals surface area contributed by atoms with Gasteiger partial charge in [0.2, 0.25) is 15.9 Å². The molecule has 0 aliphatic heterocycles. The van der Waals surface area contributed by atoms with Gasteiger partial charge in [0.05, 0.1) is 19.1 Å². The highest BCUT2D eigenvalue weighted by Crippen LogP contribution is 2.29. The predicted octanol–water partition coefficient (Wildman–Crippen LogP) is 3.34. The molecule has 2 aromatic carbocycles. The predicted molar refractivity (Wildman–Crippen MR) is 99.5 cm³/mol. The molecule has 2 rings (SSSR count). The summed E-state index contributed by atoms with van der Waals surface area (Å²) in [4.78, 5) is 12.3. The van der Waals surface area contributed by atoms with Gasteiger partial charge in [0.25, 0.3) is 0 Å². The van der Waals surface area contributed by atoms with Crippen LogP contribution in [-0.4, -0.2) is 27.7 Å². The Kier molecular flexibility index (Phi) is 6.20. The smallest absolute Gasteiger partial charge is 0.229 e. The molecule has 0 spiro atoms. The molecule has 0 heterocycles. The van der Waals surface area contributed by atoms with Gasteiger partial charge in [0, 0.05) is 12.1 Å². The first-order chi connectivity index (χ1) is 12.2. The zero-order chi connectivity index (χ0) is 19.3. The molecule has 2 N–H and O–H groups in total. The summed E-state index contributed by atoms with van der Waals surface area (Å²) in [5.41, 5.74) is 1.53. The van der Waals surface area contributed by atoms with E-state index in [4.69, 9.17) is 4.74 Å². The summed E-state index contributed by atoms with van der Waals surface area (Å²) in [5, 5.41) is 2.73. The van der Waals surface area contributed by atoms with Gasteiger partial charge in [0.1, 0.15) is 11.6 Å². The van der Waals surface area contributed by atoms with Crippen molar-refractivity contribution >= 4 is 27.3 Å². The van der Waals surface area contributed by atoms with Gasteiger partial charge in [-0.15, -0.1) is 0 Å². The number of sulfonamides is 1. The quantitative estimate of drug-likeness (QED) is 0.772. The van der Waals surface area contributed by atoms with E-state index in [2.05, 4.69) is 10.0 Å². The average molecular weight is 380 g/mol. The molecule has 2 aromatic rings. The van der Waals surface area contributed by atoms with Crippen LogP contribution in [0.2, 0.25) is 0 Å². The molecule has 0 radical (unpaired) electrons. The maximum absolute atomic E-state index is 13.0. The first kappa shape index (κ1) is 19.7. The van der Waals surface area contributed by atoms with E-state index in [-0.39, 0.29) is 29.8 Å². The third-order valence-corrected chi connectivity index (χ3v) is 4.30. The highest BCUT2D eigenvalue weighted by Gasteiger charge is 2.14. The fourth-order valence-electron chi connectivity index (χ4n) is 2.46. The van der Waals surface area contributed by atoms with Crippen LogP contribution < -0.4 is 14.8 Å². The molecule has 0 aliphatic carbocycles. The molecule has 0 saturated carbocycles. The van der Waals surface area contributed by atoms with Crippen LogP contribution in [0.5, 0.6) is 5.75 Å². The molecule has 0 aromatic heterocycles. The van der Waals surface area contributed by atoms with Crippen molar-refractivity contribution < 1.29 is 22.3 Å². The molecule has 0 bridgehead atoms. The van der Waals surface area contributed by atoms with Crippen LogP contribution in [-0.2, 0) is 14.8 Å². The highest BCUT2D eigenvalue weighted by molar-refractivity contribution is 7.92. The number of amides is 1. The minimum Gasteiger partial charge on any atom is -0.495 e. The Morgan fingerprint density at radius 2 is 1.85 bits per heavy atom. The average Bonchev–Trinajstić information content (AvgIpc) is 2.54. The maximum Gasteiger partial charge on any atom is 0.229 e. The molecule has 140 valence electrons. The van der Waals surface area contributed by atoms with Gasteiger partial charge in [0.15, 0.2) is 0 Å². The van der Waals surface area contributed by atoms with E-state index < -0.39 is 10.0 Å². The summed E-state index contributed by atoms with van der Waals surface area (Å²) in [5.74, 6) is -0.317. The van der Waals surface area contributed by atoms with E-state index in [0.717, 1.165) is 11.8 Å². The number of rotatable bonds is 7. The number of carbonyl (C=O) groups excluding carboxylic acids is 1. The second-order valence-corrected chi connectivity index (χ2v) is 7.74. The number of anilines is 2. The van der Waals surface area contributed by atoms with Gasteiger partial charge >= 0.3 is 0 Å². The van der Waals surface area contributed by atoms with Crippen molar-refractivity contribution in [2.75, 3.05) is 23.4 Å². The van der Waals surface area contributed by atoms with Gasteiger partial charge < -0.3 is 10.1 Å². The fourth-order valence-corrected chi connectivity index (χ4v) is 3.02. The summed E-state index contributed by atoms with van der Waals surface area (Å²) in [7, 11) is -2.06. The number of carbonyl (C=O) groups is 1. The number of hydrogen-bond donors (Lipinski definition) is 2. The summed E-state index contributed by atoms with van der Waals surface area (Å²) < 4.78 is 43.3. The van der Waals surface area contributed by atoms with Crippen LogP contribution in [0.4, 0.5) is 15.8 Å². The monoisotopic (exact) mass is 380 g/mol. The molecule has 0 saturated heterocycles. The standard InChI is InChI=1S/C18H21FN2O4S/c1-12(13-4-6-14(19)7-5-13)10-18(22)20-15-8-9-17(25-2)16(11-15)21-26(3,23)24/h4-9,11-12,21H,10H2,1-3H3,(H,20,22). The van der Waals surface area contributed by atoms with Crippen LogP contribution in [0, 0.1) is 5.82 Å². The normalized spacial score (nSPS) is 12.3. The summed E-state index contributed by atoms with van der Waals surface area (Å²) in [6.45, 7) is 1.87. The number of hydrogen-bond acceptors (Lipinski definition) is 4. The van der Waals surface area contributed by atoms with Gasteiger partial charge in [-0.1, -0.05) is 19.1 Å².